The number of phenols is 1. The molecule has 5 nitrogen and oxygen atoms in total. The van der Waals surface area contributed by atoms with Crippen molar-refractivity contribution in [3.8, 4) is 5.75 Å². The van der Waals surface area contributed by atoms with Crippen LogP contribution < -0.4 is 5.32 Å². The van der Waals surface area contributed by atoms with Gasteiger partial charge in [-0.25, -0.2) is 8.42 Å². The first kappa shape index (κ1) is 11.7. The van der Waals surface area contributed by atoms with Crippen molar-refractivity contribution in [1.29, 1.82) is 0 Å². The van der Waals surface area contributed by atoms with Crippen molar-refractivity contribution in [2.75, 3.05) is 5.75 Å². The molecule has 0 aromatic heterocycles. The molecular formula is C11H11NO4S. The highest BCUT2D eigenvalue weighted by molar-refractivity contribution is 7.94. The maximum Gasteiger partial charge on any atom is 0.251 e. The van der Waals surface area contributed by atoms with Crippen LogP contribution in [0.3, 0.4) is 0 Å². The van der Waals surface area contributed by atoms with Crippen LogP contribution in [0.5, 0.6) is 5.75 Å². The first-order valence-electron chi connectivity index (χ1n) is 4.97. The summed E-state index contributed by atoms with van der Waals surface area (Å²) >= 11 is 0. The molecular weight excluding hydrogens is 242 g/mol. The Bertz CT molecular complexity index is 560. The molecule has 17 heavy (non-hydrogen) atoms. The number of hydrogen-bond acceptors (Lipinski definition) is 4. The Morgan fingerprint density at radius 3 is 2.47 bits per heavy atom. The quantitative estimate of drug-likeness (QED) is 0.800. The molecule has 0 aliphatic carbocycles. The van der Waals surface area contributed by atoms with Crippen molar-refractivity contribution >= 4 is 15.7 Å². The monoisotopic (exact) mass is 253 g/mol. The van der Waals surface area contributed by atoms with E-state index in [1.807, 2.05) is 0 Å². The second-order valence-electron chi connectivity index (χ2n) is 3.78. The van der Waals surface area contributed by atoms with Gasteiger partial charge in [-0.1, -0.05) is 0 Å². The maximum absolute atomic E-state index is 11.7. The number of rotatable bonds is 2. The molecule has 90 valence electrons. The summed E-state index contributed by atoms with van der Waals surface area (Å²) in [4.78, 5) is 11.7. The number of carbonyl (C=O) groups is 1. The molecule has 0 saturated carbocycles. The molecule has 1 aromatic carbocycles. The fourth-order valence-corrected chi connectivity index (χ4v) is 2.77. The minimum absolute atomic E-state index is 0.0740. The van der Waals surface area contributed by atoms with Crippen LogP contribution in [0.4, 0.5) is 0 Å². The number of benzene rings is 1. The van der Waals surface area contributed by atoms with Crippen LogP contribution in [0, 0.1) is 0 Å². The van der Waals surface area contributed by atoms with E-state index < -0.39 is 15.9 Å². The average Bonchev–Trinajstić information content (AvgIpc) is 2.59. The largest absolute Gasteiger partial charge is 0.508 e. The Kier molecular flexibility index (Phi) is 2.89. The lowest BCUT2D eigenvalue weighted by Crippen LogP contribution is -2.35. The van der Waals surface area contributed by atoms with Crippen LogP contribution in [0.2, 0.25) is 0 Å². The van der Waals surface area contributed by atoms with Gasteiger partial charge in [0.05, 0.1) is 11.8 Å². The number of hydrogen-bond donors (Lipinski definition) is 2. The summed E-state index contributed by atoms with van der Waals surface area (Å²) in [7, 11) is -3.17. The van der Waals surface area contributed by atoms with Gasteiger partial charge in [0.2, 0.25) is 0 Å². The third kappa shape index (κ3) is 2.85. The summed E-state index contributed by atoms with van der Waals surface area (Å²) in [5.41, 5.74) is 0.375. The van der Waals surface area contributed by atoms with Gasteiger partial charge in [0, 0.05) is 11.0 Å². The highest BCUT2D eigenvalue weighted by Gasteiger charge is 2.23. The Morgan fingerprint density at radius 2 is 1.94 bits per heavy atom. The molecule has 1 unspecified atom stereocenters. The predicted octanol–water partition coefficient (Wildman–Crippen LogP) is 0.433. The van der Waals surface area contributed by atoms with Crippen molar-refractivity contribution in [3.63, 3.8) is 0 Å². The minimum atomic E-state index is -3.17. The number of sulfone groups is 1. The smallest absolute Gasteiger partial charge is 0.251 e. The second-order valence-corrected chi connectivity index (χ2v) is 5.72. The molecule has 0 saturated heterocycles. The SMILES string of the molecule is O=C(NC1C=CS(=O)(=O)C1)c1ccc(O)cc1. The van der Waals surface area contributed by atoms with Crippen molar-refractivity contribution in [2.24, 2.45) is 0 Å². The fraction of sp³-hybridized carbons (Fsp3) is 0.182. The van der Waals surface area contributed by atoms with E-state index in [-0.39, 0.29) is 17.4 Å². The van der Waals surface area contributed by atoms with E-state index in [1.165, 1.54) is 30.3 Å². The first-order valence-corrected chi connectivity index (χ1v) is 6.69. The minimum Gasteiger partial charge on any atom is -0.508 e. The molecule has 0 bridgehead atoms. The number of carbonyl (C=O) groups excluding carboxylic acids is 1. The number of amides is 1. The van der Waals surface area contributed by atoms with E-state index in [4.69, 9.17) is 5.11 Å². The molecule has 2 N–H and O–H groups in total. The van der Waals surface area contributed by atoms with Crippen molar-refractivity contribution in [1.82, 2.24) is 5.32 Å². The molecule has 1 aromatic rings. The lowest BCUT2D eigenvalue weighted by molar-refractivity contribution is 0.0947. The Labute approximate surface area is 98.7 Å². The molecule has 1 aliphatic rings. The van der Waals surface area contributed by atoms with Crippen LogP contribution in [-0.2, 0) is 9.84 Å². The highest BCUT2D eigenvalue weighted by Crippen LogP contribution is 2.11. The van der Waals surface area contributed by atoms with E-state index >= 15 is 0 Å². The van der Waals surface area contributed by atoms with E-state index in [2.05, 4.69) is 5.32 Å². The zero-order valence-corrected chi connectivity index (χ0v) is 9.65. The standard InChI is InChI=1S/C11H11NO4S/c13-10-3-1-8(2-4-10)11(14)12-9-5-6-17(15,16)7-9/h1-6,9,13H,7H2,(H,12,14). The number of phenolic OH excluding ortho intramolecular Hbond substituents is 1. The van der Waals surface area contributed by atoms with Crippen molar-refractivity contribution in [2.45, 2.75) is 6.04 Å². The molecule has 1 atom stereocenters. The summed E-state index contributed by atoms with van der Waals surface area (Å²) < 4.78 is 22.3. The van der Waals surface area contributed by atoms with Gasteiger partial charge >= 0.3 is 0 Å². The third-order valence-corrected chi connectivity index (χ3v) is 3.77. The zero-order chi connectivity index (χ0) is 12.5. The van der Waals surface area contributed by atoms with Gasteiger partial charge in [-0.15, -0.1) is 0 Å². The number of aromatic hydroxyl groups is 1. The second kappa shape index (κ2) is 4.21. The molecule has 0 fully saturated rings. The molecule has 0 radical (unpaired) electrons. The Hall–Kier alpha value is -1.82. The van der Waals surface area contributed by atoms with Crippen molar-refractivity contribution in [3.05, 3.63) is 41.3 Å². The molecule has 0 spiro atoms. The van der Waals surface area contributed by atoms with Gasteiger partial charge in [0.1, 0.15) is 5.75 Å². The zero-order valence-electron chi connectivity index (χ0n) is 8.83. The lowest BCUT2D eigenvalue weighted by atomic mass is 10.2. The van der Waals surface area contributed by atoms with Gasteiger partial charge in [0.25, 0.3) is 5.91 Å². The van der Waals surface area contributed by atoms with Crippen LogP contribution in [0.25, 0.3) is 0 Å². The summed E-state index contributed by atoms with van der Waals surface area (Å²) in [5, 5.41) is 12.8. The van der Waals surface area contributed by atoms with Gasteiger partial charge < -0.3 is 10.4 Å². The Balaban J connectivity index is 2.04. The molecule has 1 heterocycles. The number of nitrogens with one attached hydrogen (secondary N) is 1. The predicted molar refractivity (Wildman–Crippen MR) is 62.3 cm³/mol. The van der Waals surface area contributed by atoms with E-state index in [9.17, 15) is 13.2 Å². The average molecular weight is 253 g/mol. The summed E-state index contributed by atoms with van der Waals surface area (Å²) in [5.74, 6) is -0.391. The molecule has 6 heteroatoms. The molecule has 1 aliphatic heterocycles. The van der Waals surface area contributed by atoms with Gasteiger partial charge in [-0.2, -0.15) is 0 Å². The van der Waals surface area contributed by atoms with Gasteiger partial charge in [0.15, 0.2) is 9.84 Å². The van der Waals surface area contributed by atoms with E-state index in [0.717, 1.165) is 5.41 Å². The van der Waals surface area contributed by atoms with Crippen LogP contribution in [0.15, 0.2) is 35.7 Å². The maximum atomic E-state index is 11.7. The lowest BCUT2D eigenvalue weighted by Gasteiger charge is -2.09. The summed E-state index contributed by atoms with van der Waals surface area (Å²) in [6, 6.07) is 5.25. The molecule has 2 rings (SSSR count). The highest BCUT2D eigenvalue weighted by atomic mass is 32.2. The van der Waals surface area contributed by atoms with Crippen LogP contribution in [-0.4, -0.2) is 31.2 Å². The van der Waals surface area contributed by atoms with Gasteiger partial charge in [-0.05, 0) is 30.3 Å². The van der Waals surface area contributed by atoms with E-state index in [0.29, 0.717) is 5.56 Å². The van der Waals surface area contributed by atoms with Crippen LogP contribution in [0.1, 0.15) is 10.4 Å². The van der Waals surface area contributed by atoms with Gasteiger partial charge in [-0.3, -0.25) is 4.79 Å². The third-order valence-electron chi connectivity index (χ3n) is 2.38. The first-order chi connectivity index (χ1) is 7.96. The topological polar surface area (TPSA) is 83.5 Å². The summed E-state index contributed by atoms with van der Waals surface area (Å²) in [6.07, 6.45) is 1.45. The molecule has 1 amide bonds. The Morgan fingerprint density at radius 1 is 1.29 bits per heavy atom. The fourth-order valence-electron chi connectivity index (χ4n) is 1.53. The van der Waals surface area contributed by atoms with Crippen molar-refractivity contribution < 1.29 is 18.3 Å². The van der Waals surface area contributed by atoms with Crippen LogP contribution >= 0.6 is 0 Å². The normalized spacial score (nSPS) is 21.3. The van der Waals surface area contributed by atoms with E-state index in [1.54, 1.807) is 0 Å². The summed E-state index contributed by atoms with van der Waals surface area (Å²) in [6.45, 7) is 0.